The standard InChI is InChI=1S/C35H37N5O2S/c1-23-14-24(2)16-29(15-23)36-35(43)37-30-18-27(34(42)38(3)19-25-8-5-4-6-9-25)12-13-32(30)39-20-26-17-28(22-39)31-10-7-11-33(41)40(31)21-26/h4-16,18,26,28H,17,19-22H2,1-3H3,(H2,36,37,43). The molecule has 0 radical (unpaired) electrons. The van der Waals surface area contributed by atoms with Gasteiger partial charge in [-0.05, 0) is 91.5 Å². The Morgan fingerprint density at radius 3 is 2.44 bits per heavy atom. The van der Waals surface area contributed by atoms with Crippen molar-refractivity contribution in [2.45, 2.75) is 39.3 Å². The van der Waals surface area contributed by atoms with Crippen LogP contribution in [0, 0.1) is 19.8 Å². The average Bonchev–Trinajstić information content (AvgIpc) is 2.97. The maximum Gasteiger partial charge on any atom is 0.253 e. The molecule has 7 nitrogen and oxygen atoms in total. The third-order valence-electron chi connectivity index (χ3n) is 8.40. The number of piperidine rings is 1. The van der Waals surface area contributed by atoms with E-state index in [0.717, 1.165) is 65.5 Å². The summed E-state index contributed by atoms with van der Waals surface area (Å²) in [6, 6.07) is 27.7. The number of hydrogen-bond acceptors (Lipinski definition) is 4. The Kier molecular flexibility index (Phi) is 8.04. The number of aryl methyl sites for hydroxylation is 2. The number of anilines is 3. The minimum Gasteiger partial charge on any atom is -0.369 e. The Hall–Kier alpha value is -4.43. The van der Waals surface area contributed by atoms with Crippen molar-refractivity contribution in [1.29, 1.82) is 0 Å². The number of amides is 1. The molecular formula is C35H37N5O2S. The van der Waals surface area contributed by atoms with Gasteiger partial charge in [0, 0.05) is 62.2 Å². The number of pyridine rings is 1. The lowest BCUT2D eigenvalue weighted by Gasteiger charge is -2.44. The van der Waals surface area contributed by atoms with E-state index >= 15 is 0 Å². The van der Waals surface area contributed by atoms with Crippen LogP contribution in [0.4, 0.5) is 17.1 Å². The number of rotatable bonds is 6. The summed E-state index contributed by atoms with van der Waals surface area (Å²) >= 11 is 5.79. The molecule has 2 aliphatic heterocycles. The van der Waals surface area contributed by atoms with Gasteiger partial charge in [-0.2, -0.15) is 0 Å². The van der Waals surface area contributed by atoms with Crippen LogP contribution < -0.4 is 21.1 Å². The minimum atomic E-state index is -0.0598. The molecular weight excluding hydrogens is 554 g/mol. The molecule has 2 bridgehead atoms. The summed E-state index contributed by atoms with van der Waals surface area (Å²) in [7, 11) is 1.83. The summed E-state index contributed by atoms with van der Waals surface area (Å²) in [4.78, 5) is 30.3. The van der Waals surface area contributed by atoms with E-state index in [9.17, 15) is 9.59 Å². The van der Waals surface area contributed by atoms with Gasteiger partial charge in [-0.3, -0.25) is 9.59 Å². The summed E-state index contributed by atoms with van der Waals surface area (Å²) in [5.74, 6) is 0.557. The molecule has 8 heteroatoms. The average molecular weight is 592 g/mol. The van der Waals surface area contributed by atoms with E-state index in [0.29, 0.717) is 23.1 Å². The van der Waals surface area contributed by atoms with Crippen LogP contribution in [-0.2, 0) is 13.1 Å². The SMILES string of the molecule is Cc1cc(C)cc(NC(=S)Nc2cc(C(=O)N(C)Cc3ccccc3)ccc2N2CC3CC(C2)c2cccc(=O)n2C3)c1. The van der Waals surface area contributed by atoms with Crippen molar-refractivity contribution in [2.75, 3.05) is 35.7 Å². The monoisotopic (exact) mass is 591 g/mol. The molecule has 1 fully saturated rings. The molecule has 2 aliphatic rings. The number of hydrogen-bond donors (Lipinski definition) is 2. The van der Waals surface area contributed by atoms with Gasteiger partial charge in [0.05, 0.1) is 11.4 Å². The number of carbonyl (C=O) groups excluding carboxylic acids is 1. The lowest BCUT2D eigenvalue weighted by molar-refractivity contribution is 0.0785. The van der Waals surface area contributed by atoms with E-state index in [2.05, 4.69) is 53.6 Å². The van der Waals surface area contributed by atoms with Crippen molar-refractivity contribution in [3.05, 3.63) is 123 Å². The summed E-state index contributed by atoms with van der Waals surface area (Å²) in [5.41, 5.74) is 7.84. The van der Waals surface area contributed by atoms with E-state index in [-0.39, 0.29) is 17.4 Å². The van der Waals surface area contributed by atoms with Crippen LogP contribution in [0.25, 0.3) is 0 Å². The van der Waals surface area contributed by atoms with Gasteiger partial charge in [0.1, 0.15) is 0 Å². The third kappa shape index (κ3) is 6.34. The zero-order chi connectivity index (χ0) is 30.1. The minimum absolute atomic E-state index is 0.0598. The van der Waals surface area contributed by atoms with Crippen LogP contribution in [0.3, 0.4) is 0 Å². The molecule has 0 saturated carbocycles. The maximum absolute atomic E-state index is 13.6. The van der Waals surface area contributed by atoms with E-state index in [1.807, 2.05) is 66.2 Å². The van der Waals surface area contributed by atoms with Crippen molar-refractivity contribution < 1.29 is 4.79 Å². The smallest absolute Gasteiger partial charge is 0.253 e. The maximum atomic E-state index is 13.6. The second kappa shape index (κ2) is 12.1. The third-order valence-corrected chi connectivity index (χ3v) is 8.61. The molecule has 3 aromatic carbocycles. The first kappa shape index (κ1) is 28.7. The Labute approximate surface area is 258 Å². The number of benzene rings is 3. The van der Waals surface area contributed by atoms with E-state index in [1.165, 1.54) is 0 Å². The van der Waals surface area contributed by atoms with Gasteiger partial charge in [-0.15, -0.1) is 0 Å². The molecule has 2 atom stereocenters. The summed E-state index contributed by atoms with van der Waals surface area (Å²) < 4.78 is 1.95. The van der Waals surface area contributed by atoms with Crippen LogP contribution in [0.15, 0.2) is 89.7 Å². The molecule has 1 saturated heterocycles. The van der Waals surface area contributed by atoms with Crippen LogP contribution in [-0.4, -0.2) is 40.6 Å². The molecule has 3 heterocycles. The van der Waals surface area contributed by atoms with E-state index in [4.69, 9.17) is 12.2 Å². The molecule has 1 amide bonds. The first-order valence-electron chi connectivity index (χ1n) is 14.8. The highest BCUT2D eigenvalue weighted by Crippen LogP contribution is 2.39. The summed E-state index contributed by atoms with van der Waals surface area (Å²) in [6.45, 7) is 6.97. The normalized spacial score (nSPS) is 17.1. The Balaban J connectivity index is 1.29. The fourth-order valence-electron chi connectivity index (χ4n) is 6.62. The Morgan fingerprint density at radius 1 is 0.907 bits per heavy atom. The van der Waals surface area contributed by atoms with Gasteiger partial charge in [-0.1, -0.05) is 42.5 Å². The van der Waals surface area contributed by atoms with Crippen LogP contribution in [0.1, 0.15) is 45.1 Å². The topological polar surface area (TPSA) is 69.6 Å². The lowest BCUT2D eigenvalue weighted by Crippen LogP contribution is -2.47. The van der Waals surface area contributed by atoms with Crippen molar-refractivity contribution in [1.82, 2.24) is 9.47 Å². The molecule has 0 aliphatic carbocycles. The largest absolute Gasteiger partial charge is 0.369 e. The van der Waals surface area contributed by atoms with Gasteiger partial charge >= 0.3 is 0 Å². The molecule has 43 heavy (non-hydrogen) atoms. The molecule has 2 unspecified atom stereocenters. The fraction of sp³-hybridized carbons (Fsp3) is 0.286. The molecule has 4 aromatic rings. The molecule has 2 N–H and O–H groups in total. The molecule has 6 rings (SSSR count). The summed E-state index contributed by atoms with van der Waals surface area (Å²) in [6.07, 6.45) is 1.07. The highest BCUT2D eigenvalue weighted by Gasteiger charge is 2.35. The molecule has 1 aromatic heterocycles. The highest BCUT2D eigenvalue weighted by molar-refractivity contribution is 7.80. The van der Waals surface area contributed by atoms with Crippen LogP contribution >= 0.6 is 12.2 Å². The van der Waals surface area contributed by atoms with Crippen LogP contribution in [0.5, 0.6) is 0 Å². The van der Waals surface area contributed by atoms with Gasteiger partial charge in [0.15, 0.2) is 5.11 Å². The first-order chi connectivity index (χ1) is 20.7. The number of fused-ring (bicyclic) bond motifs is 4. The first-order valence-corrected chi connectivity index (χ1v) is 15.2. The van der Waals surface area contributed by atoms with Crippen molar-refractivity contribution in [2.24, 2.45) is 5.92 Å². The van der Waals surface area contributed by atoms with Gasteiger partial charge in [-0.25, -0.2) is 0 Å². The van der Waals surface area contributed by atoms with E-state index in [1.54, 1.807) is 11.0 Å². The predicted octanol–water partition coefficient (Wildman–Crippen LogP) is 6.17. The zero-order valence-electron chi connectivity index (χ0n) is 24.8. The van der Waals surface area contributed by atoms with Crippen molar-refractivity contribution in [3.63, 3.8) is 0 Å². The second-order valence-electron chi connectivity index (χ2n) is 11.9. The predicted molar refractivity (Wildman–Crippen MR) is 178 cm³/mol. The number of carbonyl (C=O) groups is 1. The number of nitrogens with zero attached hydrogens (tertiary/aromatic N) is 3. The number of aromatic nitrogens is 1. The van der Waals surface area contributed by atoms with Gasteiger partial charge < -0.3 is 25.0 Å². The number of thiocarbonyl (C=S) groups is 1. The summed E-state index contributed by atoms with van der Waals surface area (Å²) in [5, 5.41) is 7.22. The number of nitrogens with one attached hydrogen (secondary N) is 2. The van der Waals surface area contributed by atoms with Gasteiger partial charge in [0.25, 0.3) is 11.5 Å². The van der Waals surface area contributed by atoms with E-state index < -0.39 is 0 Å². The zero-order valence-corrected chi connectivity index (χ0v) is 25.7. The van der Waals surface area contributed by atoms with Crippen molar-refractivity contribution in [3.8, 4) is 0 Å². The Bertz CT molecular complexity index is 1710. The molecule has 0 spiro atoms. The molecule has 220 valence electrons. The van der Waals surface area contributed by atoms with Gasteiger partial charge in [0.2, 0.25) is 0 Å². The fourth-order valence-corrected chi connectivity index (χ4v) is 6.85. The lowest BCUT2D eigenvalue weighted by atomic mass is 9.83. The second-order valence-corrected chi connectivity index (χ2v) is 12.3. The highest BCUT2D eigenvalue weighted by atomic mass is 32.1. The van der Waals surface area contributed by atoms with Crippen LogP contribution in [0.2, 0.25) is 0 Å². The van der Waals surface area contributed by atoms with Crippen molar-refractivity contribution >= 4 is 40.3 Å². The Morgan fingerprint density at radius 2 is 1.67 bits per heavy atom. The quantitative estimate of drug-likeness (QED) is 0.262.